The molecule has 15 heavy (non-hydrogen) atoms. The topological polar surface area (TPSA) is 50.2 Å². The first-order valence-electron chi connectivity index (χ1n) is 4.46. The number of rotatable bonds is 2. The minimum absolute atomic E-state index is 0.0913. The van der Waals surface area contributed by atoms with Gasteiger partial charge in [0.25, 0.3) is 0 Å². The molecule has 0 atom stereocenters. The van der Waals surface area contributed by atoms with Crippen molar-refractivity contribution in [1.82, 2.24) is 4.98 Å². The molecule has 0 fully saturated rings. The van der Waals surface area contributed by atoms with Crippen molar-refractivity contribution in [3.8, 4) is 0 Å². The van der Waals surface area contributed by atoms with E-state index in [2.05, 4.69) is 11.6 Å². The number of carbonyl (C=O) groups is 1. The Morgan fingerprint density at radius 2 is 2.07 bits per heavy atom. The quantitative estimate of drug-likeness (QED) is 0.755. The minimum atomic E-state index is -1.01. The highest BCUT2D eigenvalue weighted by Gasteiger charge is 2.10. The monoisotopic (exact) mass is 199 g/mol. The first kappa shape index (κ1) is 9.40. The highest BCUT2D eigenvalue weighted by molar-refractivity contribution is 6.18. The second-order valence-corrected chi connectivity index (χ2v) is 3.16. The lowest BCUT2D eigenvalue weighted by Gasteiger charge is -2.04. The van der Waals surface area contributed by atoms with E-state index in [0.717, 1.165) is 10.9 Å². The van der Waals surface area contributed by atoms with E-state index in [1.807, 2.05) is 12.1 Å². The SMILES string of the molecule is C=C(C(=O)O)c1cccc2ncccc12. The van der Waals surface area contributed by atoms with Gasteiger partial charge in [-0.05, 0) is 17.7 Å². The molecule has 1 aromatic heterocycles. The predicted octanol–water partition coefficient (Wildman–Crippen LogP) is 2.33. The fourth-order valence-electron chi connectivity index (χ4n) is 1.48. The molecule has 74 valence electrons. The van der Waals surface area contributed by atoms with Gasteiger partial charge in [-0.15, -0.1) is 0 Å². The van der Waals surface area contributed by atoms with E-state index in [0.29, 0.717) is 5.56 Å². The van der Waals surface area contributed by atoms with Crippen LogP contribution >= 0.6 is 0 Å². The van der Waals surface area contributed by atoms with E-state index in [4.69, 9.17) is 5.11 Å². The number of carboxylic acids is 1. The van der Waals surface area contributed by atoms with Crippen LogP contribution in [-0.4, -0.2) is 16.1 Å². The summed E-state index contributed by atoms with van der Waals surface area (Å²) in [6, 6.07) is 8.97. The zero-order valence-corrected chi connectivity index (χ0v) is 7.97. The zero-order chi connectivity index (χ0) is 10.8. The van der Waals surface area contributed by atoms with Gasteiger partial charge < -0.3 is 5.11 Å². The lowest BCUT2D eigenvalue weighted by molar-refractivity contribution is -0.130. The Bertz CT molecular complexity index is 541. The average Bonchev–Trinajstić information content (AvgIpc) is 2.27. The van der Waals surface area contributed by atoms with Crippen LogP contribution in [0.25, 0.3) is 16.5 Å². The number of benzene rings is 1. The molecule has 0 unspecified atom stereocenters. The van der Waals surface area contributed by atoms with Crippen LogP contribution in [0.3, 0.4) is 0 Å². The molecule has 0 radical (unpaired) electrons. The van der Waals surface area contributed by atoms with Gasteiger partial charge in [0.15, 0.2) is 0 Å². The fraction of sp³-hybridized carbons (Fsp3) is 0. The number of fused-ring (bicyclic) bond motifs is 1. The maximum Gasteiger partial charge on any atom is 0.335 e. The van der Waals surface area contributed by atoms with Crippen molar-refractivity contribution in [3.05, 3.63) is 48.7 Å². The molecule has 0 bridgehead atoms. The first-order valence-corrected chi connectivity index (χ1v) is 4.46. The Kier molecular flexibility index (Phi) is 2.21. The van der Waals surface area contributed by atoms with Gasteiger partial charge in [0, 0.05) is 11.6 Å². The lowest BCUT2D eigenvalue weighted by atomic mass is 10.0. The maximum absolute atomic E-state index is 10.8. The number of hydrogen-bond acceptors (Lipinski definition) is 2. The summed E-state index contributed by atoms with van der Waals surface area (Å²) < 4.78 is 0. The molecule has 0 saturated carbocycles. The third-order valence-corrected chi connectivity index (χ3v) is 2.23. The van der Waals surface area contributed by atoms with Crippen LogP contribution in [0.4, 0.5) is 0 Å². The number of aliphatic carboxylic acids is 1. The molecule has 0 aliphatic rings. The second kappa shape index (κ2) is 3.53. The second-order valence-electron chi connectivity index (χ2n) is 3.16. The minimum Gasteiger partial charge on any atom is -0.478 e. The molecule has 0 amide bonds. The standard InChI is InChI=1S/C12H9NO2/c1-8(12(14)15)9-4-2-6-11-10(9)5-3-7-13-11/h2-7H,1H2,(H,14,15). The van der Waals surface area contributed by atoms with Crippen molar-refractivity contribution in [1.29, 1.82) is 0 Å². The third kappa shape index (κ3) is 1.59. The Hall–Kier alpha value is -2.16. The maximum atomic E-state index is 10.8. The third-order valence-electron chi connectivity index (χ3n) is 2.23. The summed E-state index contributed by atoms with van der Waals surface area (Å²) in [5.41, 5.74) is 1.49. The van der Waals surface area contributed by atoms with Crippen LogP contribution < -0.4 is 0 Å². The van der Waals surface area contributed by atoms with Gasteiger partial charge in [0.2, 0.25) is 0 Å². The molecule has 2 aromatic rings. The van der Waals surface area contributed by atoms with E-state index in [-0.39, 0.29) is 5.57 Å². The van der Waals surface area contributed by atoms with Crippen LogP contribution in [0, 0.1) is 0 Å². The summed E-state index contributed by atoms with van der Waals surface area (Å²) in [7, 11) is 0. The number of carboxylic acid groups (broad SMARTS) is 1. The molecular weight excluding hydrogens is 190 g/mol. The van der Waals surface area contributed by atoms with Gasteiger partial charge in [0.05, 0.1) is 11.1 Å². The van der Waals surface area contributed by atoms with Crippen molar-refractivity contribution in [2.45, 2.75) is 0 Å². The largest absolute Gasteiger partial charge is 0.478 e. The molecule has 3 nitrogen and oxygen atoms in total. The Morgan fingerprint density at radius 3 is 2.80 bits per heavy atom. The summed E-state index contributed by atoms with van der Waals surface area (Å²) in [5, 5.41) is 9.69. The van der Waals surface area contributed by atoms with Crippen molar-refractivity contribution in [2.75, 3.05) is 0 Å². The number of nitrogens with zero attached hydrogens (tertiary/aromatic N) is 1. The molecular formula is C12H9NO2. The van der Waals surface area contributed by atoms with E-state index < -0.39 is 5.97 Å². The molecule has 0 spiro atoms. The molecule has 0 saturated heterocycles. The van der Waals surface area contributed by atoms with Crippen LogP contribution in [0.5, 0.6) is 0 Å². The van der Waals surface area contributed by atoms with E-state index in [1.165, 1.54) is 0 Å². The normalized spacial score (nSPS) is 10.1. The van der Waals surface area contributed by atoms with Crippen LogP contribution in [0.15, 0.2) is 43.1 Å². The Labute approximate surface area is 86.7 Å². The van der Waals surface area contributed by atoms with Gasteiger partial charge in [-0.25, -0.2) is 4.79 Å². The van der Waals surface area contributed by atoms with E-state index in [1.54, 1.807) is 24.4 Å². The number of pyridine rings is 1. The molecule has 0 aliphatic heterocycles. The number of aromatic nitrogens is 1. The Balaban J connectivity index is 2.71. The Morgan fingerprint density at radius 1 is 1.27 bits per heavy atom. The summed E-state index contributed by atoms with van der Waals surface area (Å²) in [5.74, 6) is -1.01. The van der Waals surface area contributed by atoms with Crippen molar-refractivity contribution in [2.24, 2.45) is 0 Å². The predicted molar refractivity (Wildman–Crippen MR) is 58.4 cm³/mol. The van der Waals surface area contributed by atoms with Gasteiger partial charge in [-0.1, -0.05) is 24.8 Å². The molecule has 1 N–H and O–H groups in total. The highest BCUT2D eigenvalue weighted by Crippen LogP contribution is 2.22. The van der Waals surface area contributed by atoms with E-state index in [9.17, 15) is 4.79 Å². The van der Waals surface area contributed by atoms with Gasteiger partial charge >= 0.3 is 5.97 Å². The average molecular weight is 199 g/mol. The zero-order valence-electron chi connectivity index (χ0n) is 7.97. The fourth-order valence-corrected chi connectivity index (χ4v) is 1.48. The smallest absolute Gasteiger partial charge is 0.335 e. The molecule has 1 aromatic carbocycles. The summed E-state index contributed by atoms with van der Waals surface area (Å²) in [6.45, 7) is 3.55. The molecule has 1 heterocycles. The summed E-state index contributed by atoms with van der Waals surface area (Å²) in [4.78, 5) is 15.0. The highest BCUT2D eigenvalue weighted by atomic mass is 16.4. The first-order chi connectivity index (χ1) is 7.20. The van der Waals surface area contributed by atoms with Crippen LogP contribution in [-0.2, 0) is 4.79 Å². The van der Waals surface area contributed by atoms with Crippen LogP contribution in [0.1, 0.15) is 5.56 Å². The lowest BCUT2D eigenvalue weighted by Crippen LogP contribution is -1.98. The van der Waals surface area contributed by atoms with Crippen molar-refractivity contribution < 1.29 is 9.90 Å². The summed E-state index contributed by atoms with van der Waals surface area (Å²) >= 11 is 0. The van der Waals surface area contributed by atoms with Crippen molar-refractivity contribution in [3.63, 3.8) is 0 Å². The van der Waals surface area contributed by atoms with Gasteiger partial charge in [-0.2, -0.15) is 0 Å². The van der Waals surface area contributed by atoms with E-state index >= 15 is 0 Å². The molecule has 3 heteroatoms. The van der Waals surface area contributed by atoms with Crippen LogP contribution in [0.2, 0.25) is 0 Å². The molecule has 0 aliphatic carbocycles. The molecule has 2 rings (SSSR count). The van der Waals surface area contributed by atoms with Gasteiger partial charge in [-0.3, -0.25) is 4.98 Å². The summed E-state index contributed by atoms with van der Waals surface area (Å²) in [6.07, 6.45) is 1.68. The number of hydrogen-bond donors (Lipinski definition) is 1. The van der Waals surface area contributed by atoms with Gasteiger partial charge in [0.1, 0.15) is 0 Å². The van der Waals surface area contributed by atoms with Crippen molar-refractivity contribution >= 4 is 22.4 Å².